The van der Waals surface area contributed by atoms with E-state index in [1.807, 2.05) is 0 Å². The van der Waals surface area contributed by atoms with Gasteiger partial charge in [-0.25, -0.2) is 9.29 Å². The summed E-state index contributed by atoms with van der Waals surface area (Å²) in [5, 5.41) is 15.3. The van der Waals surface area contributed by atoms with E-state index in [1.165, 1.54) is 24.4 Å². The number of aromatic nitrogens is 1. The standard InChI is InChI=1S/C18H20ClN7O7S2/c1-8-13(17(28)26(8)35(29,30)31)24-16(27)14(11-7-34-18(22)23-11)25-33-5-4-32-12-3-2-9(15(20)21)6-10(12)19/h2-3,6-8,13H,4-5H2,1H3,(H3,20,21)(H2,22,23)(H,24,27)(H,29,30,31)/t8-,13-/m0/s1. The van der Waals surface area contributed by atoms with Crippen molar-refractivity contribution in [2.75, 3.05) is 18.9 Å². The monoisotopic (exact) mass is 545 g/mol. The smallest absolute Gasteiger partial charge is 0.362 e. The molecule has 0 saturated carbocycles. The lowest BCUT2D eigenvalue weighted by Crippen LogP contribution is -2.71. The average molecular weight is 546 g/mol. The summed E-state index contributed by atoms with van der Waals surface area (Å²) in [4.78, 5) is 34.0. The SMILES string of the molecule is C[C@H]1[C@H](NC(=O)C(=NOCCOc2ccc(C(=N)N)cc2Cl)c2csc(N)n2)C(=O)N1S(=O)(=O)O. The molecule has 0 bridgehead atoms. The second-order valence-electron chi connectivity index (χ2n) is 7.06. The van der Waals surface area contributed by atoms with Crippen LogP contribution in [-0.2, 0) is 24.7 Å². The molecule has 1 aromatic heterocycles. The molecule has 0 radical (unpaired) electrons. The first kappa shape index (κ1) is 26.1. The molecule has 2 amide bonds. The Balaban J connectivity index is 1.64. The Morgan fingerprint density at radius 1 is 1.43 bits per heavy atom. The molecule has 7 N–H and O–H groups in total. The van der Waals surface area contributed by atoms with Gasteiger partial charge in [-0.1, -0.05) is 16.8 Å². The highest BCUT2D eigenvalue weighted by Crippen LogP contribution is 2.25. The summed E-state index contributed by atoms with van der Waals surface area (Å²) in [6.07, 6.45) is 0. The van der Waals surface area contributed by atoms with Crippen molar-refractivity contribution in [1.82, 2.24) is 14.6 Å². The first-order valence-corrected chi connectivity index (χ1v) is 12.3. The van der Waals surface area contributed by atoms with E-state index in [0.29, 0.717) is 11.3 Å². The van der Waals surface area contributed by atoms with E-state index in [4.69, 9.17) is 42.6 Å². The highest BCUT2D eigenvalue weighted by atomic mass is 35.5. The van der Waals surface area contributed by atoms with Crippen LogP contribution < -0.4 is 21.5 Å². The number of oxime groups is 1. The topological polar surface area (TPSA) is 223 Å². The molecule has 0 unspecified atom stereocenters. The van der Waals surface area contributed by atoms with Crippen LogP contribution in [0.15, 0.2) is 28.7 Å². The maximum absolute atomic E-state index is 12.8. The summed E-state index contributed by atoms with van der Waals surface area (Å²) in [6.45, 7) is 1.20. The summed E-state index contributed by atoms with van der Waals surface area (Å²) in [6, 6.07) is 2.33. The Kier molecular flexibility index (Phi) is 7.79. The van der Waals surface area contributed by atoms with Gasteiger partial charge in [0.05, 0.1) is 11.1 Å². The zero-order valence-corrected chi connectivity index (χ0v) is 20.4. The van der Waals surface area contributed by atoms with Crippen LogP contribution in [0.25, 0.3) is 0 Å². The van der Waals surface area contributed by atoms with Crippen LogP contribution >= 0.6 is 22.9 Å². The quantitative estimate of drug-likeness (QED) is 0.0669. The number of amidine groups is 1. The predicted octanol–water partition coefficient (Wildman–Crippen LogP) is -0.0192. The Morgan fingerprint density at radius 2 is 2.14 bits per heavy atom. The second-order valence-corrected chi connectivity index (χ2v) is 9.64. The van der Waals surface area contributed by atoms with Crippen LogP contribution in [0.1, 0.15) is 18.2 Å². The third kappa shape index (κ3) is 5.97. The van der Waals surface area contributed by atoms with Gasteiger partial charge in [0.25, 0.3) is 11.8 Å². The fourth-order valence-corrected chi connectivity index (χ4v) is 4.66. The summed E-state index contributed by atoms with van der Waals surface area (Å²) in [5.41, 5.74) is 11.2. The van der Waals surface area contributed by atoms with Crippen molar-refractivity contribution in [2.45, 2.75) is 19.0 Å². The number of benzene rings is 1. The number of hydrogen-bond donors (Lipinski definition) is 5. The molecule has 1 aliphatic rings. The van der Waals surface area contributed by atoms with Crippen molar-refractivity contribution in [2.24, 2.45) is 10.9 Å². The van der Waals surface area contributed by atoms with Crippen molar-refractivity contribution in [3.05, 3.63) is 39.9 Å². The van der Waals surface area contributed by atoms with E-state index >= 15 is 0 Å². The Labute approximate surface area is 208 Å². The molecule has 0 aliphatic carbocycles. The number of amides is 2. The predicted molar refractivity (Wildman–Crippen MR) is 127 cm³/mol. The highest BCUT2D eigenvalue weighted by molar-refractivity contribution is 7.84. The van der Waals surface area contributed by atoms with Crippen LogP contribution in [0.2, 0.25) is 5.02 Å². The molecule has 0 spiro atoms. The number of nitrogens with two attached hydrogens (primary N) is 2. The summed E-state index contributed by atoms with van der Waals surface area (Å²) >= 11 is 7.13. The first-order chi connectivity index (χ1) is 16.4. The lowest BCUT2D eigenvalue weighted by Gasteiger charge is -2.42. The Hall–Kier alpha value is -3.47. The largest absolute Gasteiger partial charge is 0.488 e. The Morgan fingerprint density at radius 3 is 2.69 bits per heavy atom. The zero-order chi connectivity index (χ0) is 25.9. The number of carbonyl (C=O) groups is 2. The number of anilines is 1. The average Bonchev–Trinajstić information content (AvgIpc) is 3.20. The van der Waals surface area contributed by atoms with Gasteiger partial charge in [0, 0.05) is 10.9 Å². The van der Waals surface area contributed by atoms with Gasteiger partial charge in [0.1, 0.15) is 29.9 Å². The van der Waals surface area contributed by atoms with E-state index < -0.39 is 34.2 Å². The molecule has 1 saturated heterocycles. The minimum absolute atomic E-state index is 0.0157. The number of nitrogens with one attached hydrogen (secondary N) is 2. The van der Waals surface area contributed by atoms with Crippen molar-refractivity contribution in [1.29, 1.82) is 5.41 Å². The van der Waals surface area contributed by atoms with E-state index in [1.54, 1.807) is 6.07 Å². The maximum atomic E-state index is 12.8. The van der Waals surface area contributed by atoms with Crippen molar-refractivity contribution in [3.8, 4) is 5.75 Å². The van der Waals surface area contributed by atoms with Gasteiger partial charge in [-0.2, -0.15) is 8.42 Å². The van der Waals surface area contributed by atoms with E-state index in [0.717, 1.165) is 11.3 Å². The minimum atomic E-state index is -4.75. The number of halogens is 1. The van der Waals surface area contributed by atoms with Gasteiger partial charge in [0.2, 0.25) is 0 Å². The van der Waals surface area contributed by atoms with Crippen LogP contribution in [0.5, 0.6) is 5.75 Å². The van der Waals surface area contributed by atoms with Gasteiger partial charge in [-0.3, -0.25) is 19.6 Å². The van der Waals surface area contributed by atoms with Gasteiger partial charge in [-0.15, -0.1) is 11.3 Å². The first-order valence-electron chi connectivity index (χ1n) is 9.69. The number of nitrogens with zero attached hydrogens (tertiary/aromatic N) is 3. The molecule has 1 aromatic carbocycles. The van der Waals surface area contributed by atoms with E-state index in [2.05, 4.69) is 15.5 Å². The summed E-state index contributed by atoms with van der Waals surface area (Å²) < 4.78 is 37.3. The van der Waals surface area contributed by atoms with Crippen LogP contribution in [0.3, 0.4) is 0 Å². The molecular weight excluding hydrogens is 526 g/mol. The number of rotatable bonds is 10. The van der Waals surface area contributed by atoms with Gasteiger partial charge >= 0.3 is 10.3 Å². The normalized spacial score (nSPS) is 18.1. The fourth-order valence-electron chi connectivity index (χ4n) is 3.00. The van der Waals surface area contributed by atoms with Gasteiger partial charge in [-0.05, 0) is 25.1 Å². The van der Waals surface area contributed by atoms with Crippen LogP contribution in [0, 0.1) is 5.41 Å². The van der Waals surface area contributed by atoms with E-state index in [9.17, 15) is 18.0 Å². The molecule has 2 heterocycles. The second kappa shape index (κ2) is 10.4. The molecule has 2 atom stereocenters. The number of β-lactam (4-membered cyclic amide) rings is 1. The van der Waals surface area contributed by atoms with Gasteiger partial charge in [0.15, 0.2) is 17.5 Å². The van der Waals surface area contributed by atoms with Crippen molar-refractivity contribution in [3.63, 3.8) is 0 Å². The Bertz CT molecular complexity index is 1300. The van der Waals surface area contributed by atoms with Crippen LogP contribution in [-0.4, -0.2) is 70.9 Å². The minimum Gasteiger partial charge on any atom is -0.488 e. The molecule has 17 heteroatoms. The van der Waals surface area contributed by atoms with Crippen LogP contribution in [0.4, 0.5) is 5.13 Å². The third-order valence-electron chi connectivity index (χ3n) is 4.68. The van der Waals surface area contributed by atoms with E-state index in [-0.39, 0.29) is 44.9 Å². The lowest BCUT2D eigenvalue weighted by atomic mass is 10.0. The van der Waals surface area contributed by atoms with Crippen molar-refractivity contribution < 1.29 is 32.1 Å². The molecule has 1 fully saturated rings. The lowest BCUT2D eigenvalue weighted by molar-refractivity contribution is -0.143. The molecule has 188 valence electrons. The number of hydrogen-bond acceptors (Lipinski definition) is 11. The molecule has 14 nitrogen and oxygen atoms in total. The maximum Gasteiger partial charge on any atom is 0.362 e. The molecule has 3 rings (SSSR count). The molecular formula is C18H20ClN7O7S2. The van der Waals surface area contributed by atoms with Gasteiger partial charge < -0.3 is 26.4 Å². The highest BCUT2D eigenvalue weighted by Gasteiger charge is 2.51. The molecule has 35 heavy (non-hydrogen) atoms. The molecule has 2 aromatic rings. The number of carbonyl (C=O) groups excluding carboxylic acids is 2. The van der Waals surface area contributed by atoms with Crippen molar-refractivity contribution >= 4 is 61.7 Å². The number of ether oxygens (including phenoxy) is 1. The summed E-state index contributed by atoms with van der Waals surface area (Å²) in [5.74, 6) is -1.71. The molecule has 1 aliphatic heterocycles. The third-order valence-corrected chi connectivity index (χ3v) is 6.66. The fraction of sp³-hybridized carbons (Fsp3) is 0.278. The zero-order valence-electron chi connectivity index (χ0n) is 18.0. The number of thiazole rings is 1. The summed E-state index contributed by atoms with van der Waals surface area (Å²) in [7, 11) is -4.75. The number of nitrogen functional groups attached to an aromatic ring is 2.